The quantitative estimate of drug-likeness (QED) is 0.339. The molecule has 2 aromatic rings. The summed E-state index contributed by atoms with van der Waals surface area (Å²) in [5.41, 5.74) is 5.46. The molecule has 0 fully saturated rings. The summed E-state index contributed by atoms with van der Waals surface area (Å²) in [6.07, 6.45) is 0. The standard InChI is InChI=1S/C13H13NO6S/c1-2-20-13(16)10-5-7-3-4-8(21(17,18)19)6-9(7)11(14)12(10)15/h3-6,15H,2,14H2,1H3,(H,17,18,19). The van der Waals surface area contributed by atoms with E-state index in [-0.39, 0.29) is 28.1 Å². The number of anilines is 1. The maximum atomic E-state index is 11.7. The topological polar surface area (TPSA) is 127 Å². The third-order valence-electron chi connectivity index (χ3n) is 2.92. The van der Waals surface area contributed by atoms with Crippen molar-refractivity contribution in [3.63, 3.8) is 0 Å². The largest absolute Gasteiger partial charge is 0.505 e. The number of benzene rings is 2. The van der Waals surface area contributed by atoms with Crippen molar-refractivity contribution in [3.05, 3.63) is 29.8 Å². The Balaban J connectivity index is 2.72. The number of nitrogen functional groups attached to an aromatic ring is 1. The lowest BCUT2D eigenvalue weighted by molar-refractivity contribution is 0.0523. The Kier molecular flexibility index (Phi) is 3.75. The number of hydrogen-bond acceptors (Lipinski definition) is 6. The highest BCUT2D eigenvalue weighted by Crippen LogP contribution is 2.35. The molecule has 0 aliphatic rings. The number of ether oxygens (including phenoxy) is 1. The van der Waals surface area contributed by atoms with Crippen LogP contribution in [-0.2, 0) is 14.9 Å². The van der Waals surface area contributed by atoms with Crippen LogP contribution in [0.5, 0.6) is 5.75 Å². The van der Waals surface area contributed by atoms with Gasteiger partial charge in [-0.1, -0.05) is 6.07 Å². The van der Waals surface area contributed by atoms with Crippen LogP contribution in [-0.4, -0.2) is 30.7 Å². The first-order valence-corrected chi connectivity index (χ1v) is 7.39. The third kappa shape index (κ3) is 2.76. The van der Waals surface area contributed by atoms with E-state index in [9.17, 15) is 18.3 Å². The van der Waals surface area contributed by atoms with Crippen molar-refractivity contribution < 1.29 is 27.6 Å². The fraction of sp³-hybridized carbons (Fsp3) is 0.154. The third-order valence-corrected chi connectivity index (χ3v) is 3.77. The second-order valence-electron chi connectivity index (χ2n) is 4.26. The van der Waals surface area contributed by atoms with Gasteiger partial charge in [-0.25, -0.2) is 4.79 Å². The monoisotopic (exact) mass is 311 g/mol. The number of phenols is 1. The molecule has 0 atom stereocenters. The van der Waals surface area contributed by atoms with Gasteiger partial charge in [-0.05, 0) is 30.5 Å². The Bertz CT molecular complexity index is 828. The molecule has 0 saturated carbocycles. The zero-order valence-corrected chi connectivity index (χ0v) is 11.8. The molecular formula is C13H13NO6S. The van der Waals surface area contributed by atoms with Gasteiger partial charge in [0.05, 0.1) is 17.2 Å². The summed E-state index contributed by atoms with van der Waals surface area (Å²) in [6.45, 7) is 1.76. The molecule has 0 amide bonds. The fourth-order valence-electron chi connectivity index (χ4n) is 1.92. The van der Waals surface area contributed by atoms with Crippen LogP contribution in [0.15, 0.2) is 29.2 Å². The van der Waals surface area contributed by atoms with Gasteiger partial charge in [0.15, 0.2) is 5.75 Å². The summed E-state index contributed by atoms with van der Waals surface area (Å²) >= 11 is 0. The van der Waals surface area contributed by atoms with Crippen LogP contribution in [0, 0.1) is 0 Å². The number of fused-ring (bicyclic) bond motifs is 1. The molecule has 0 unspecified atom stereocenters. The molecule has 0 aliphatic carbocycles. The Labute approximate surface area is 120 Å². The number of carbonyl (C=O) groups is 1. The summed E-state index contributed by atoms with van der Waals surface area (Å²) in [5.74, 6) is -1.23. The van der Waals surface area contributed by atoms with Gasteiger partial charge >= 0.3 is 5.97 Å². The number of aromatic hydroxyl groups is 1. The maximum absolute atomic E-state index is 11.7. The van der Waals surface area contributed by atoms with Gasteiger partial charge in [-0.2, -0.15) is 8.42 Å². The highest BCUT2D eigenvalue weighted by Gasteiger charge is 2.19. The van der Waals surface area contributed by atoms with Gasteiger partial charge in [0.25, 0.3) is 10.1 Å². The van der Waals surface area contributed by atoms with Crippen LogP contribution in [0.1, 0.15) is 17.3 Å². The molecular weight excluding hydrogens is 298 g/mol. The molecule has 2 rings (SSSR count). The fourth-order valence-corrected chi connectivity index (χ4v) is 2.42. The second-order valence-corrected chi connectivity index (χ2v) is 5.69. The van der Waals surface area contributed by atoms with E-state index in [1.807, 2.05) is 0 Å². The van der Waals surface area contributed by atoms with Gasteiger partial charge in [0.2, 0.25) is 0 Å². The Hall–Kier alpha value is -2.32. The zero-order chi connectivity index (χ0) is 15.8. The minimum atomic E-state index is -4.39. The first kappa shape index (κ1) is 15.1. The summed E-state index contributed by atoms with van der Waals surface area (Å²) in [5, 5.41) is 10.6. The van der Waals surface area contributed by atoms with Crippen molar-refractivity contribution >= 4 is 32.5 Å². The molecule has 0 spiro atoms. The van der Waals surface area contributed by atoms with Crippen molar-refractivity contribution in [1.29, 1.82) is 0 Å². The number of phenolic OH excluding ortho intramolecular Hbond substituents is 1. The highest BCUT2D eigenvalue weighted by molar-refractivity contribution is 7.85. The normalized spacial score (nSPS) is 11.5. The summed E-state index contributed by atoms with van der Waals surface area (Å²) in [6, 6.07) is 5.00. The van der Waals surface area contributed by atoms with Gasteiger partial charge < -0.3 is 15.6 Å². The lowest BCUT2D eigenvalue weighted by Gasteiger charge is -2.10. The molecule has 8 heteroatoms. The van der Waals surface area contributed by atoms with Crippen LogP contribution in [0.4, 0.5) is 5.69 Å². The first-order valence-electron chi connectivity index (χ1n) is 5.95. The molecule has 0 saturated heterocycles. The zero-order valence-electron chi connectivity index (χ0n) is 11.0. The van der Waals surface area contributed by atoms with Crippen molar-refractivity contribution in [2.24, 2.45) is 0 Å². The molecule has 0 radical (unpaired) electrons. The number of esters is 1. The molecule has 0 aromatic heterocycles. The van der Waals surface area contributed by atoms with Crippen molar-refractivity contribution in [3.8, 4) is 5.75 Å². The number of hydrogen-bond donors (Lipinski definition) is 3. The van der Waals surface area contributed by atoms with E-state index in [2.05, 4.69) is 0 Å². The average molecular weight is 311 g/mol. The Morgan fingerprint density at radius 1 is 1.33 bits per heavy atom. The number of carbonyl (C=O) groups excluding carboxylic acids is 1. The second kappa shape index (κ2) is 5.23. The van der Waals surface area contributed by atoms with Gasteiger partial charge in [0.1, 0.15) is 5.56 Å². The van der Waals surface area contributed by atoms with Gasteiger partial charge in [0, 0.05) is 5.39 Å². The van der Waals surface area contributed by atoms with Gasteiger partial charge in [-0.15, -0.1) is 0 Å². The Morgan fingerprint density at radius 3 is 2.57 bits per heavy atom. The molecule has 112 valence electrons. The van der Waals surface area contributed by atoms with Crippen molar-refractivity contribution in [1.82, 2.24) is 0 Å². The summed E-state index contributed by atoms with van der Waals surface area (Å²) in [7, 11) is -4.39. The van der Waals surface area contributed by atoms with E-state index in [0.717, 1.165) is 6.07 Å². The van der Waals surface area contributed by atoms with Crippen LogP contribution in [0.2, 0.25) is 0 Å². The Morgan fingerprint density at radius 2 is 2.00 bits per heavy atom. The van der Waals surface area contributed by atoms with E-state index >= 15 is 0 Å². The summed E-state index contributed by atoms with van der Waals surface area (Å²) in [4.78, 5) is 11.4. The first-order chi connectivity index (χ1) is 9.75. The molecule has 7 nitrogen and oxygen atoms in total. The number of nitrogens with two attached hydrogens (primary N) is 1. The molecule has 2 aromatic carbocycles. The summed E-state index contributed by atoms with van der Waals surface area (Å²) < 4.78 is 36.0. The minimum Gasteiger partial charge on any atom is -0.505 e. The molecule has 0 aliphatic heterocycles. The van der Waals surface area contributed by atoms with Crippen LogP contribution >= 0.6 is 0 Å². The lowest BCUT2D eigenvalue weighted by Crippen LogP contribution is -2.06. The predicted octanol–water partition coefficient (Wildman–Crippen LogP) is 1.55. The van der Waals surface area contributed by atoms with E-state index < -0.39 is 21.8 Å². The van der Waals surface area contributed by atoms with E-state index in [1.54, 1.807) is 6.92 Å². The lowest BCUT2D eigenvalue weighted by atomic mass is 10.0. The van der Waals surface area contributed by atoms with Crippen molar-refractivity contribution in [2.45, 2.75) is 11.8 Å². The molecule has 0 heterocycles. The van der Waals surface area contributed by atoms with E-state index in [4.69, 9.17) is 15.0 Å². The predicted molar refractivity (Wildman–Crippen MR) is 75.8 cm³/mol. The smallest absolute Gasteiger partial charge is 0.342 e. The SMILES string of the molecule is CCOC(=O)c1cc2ccc(S(=O)(=O)O)cc2c(N)c1O. The number of rotatable bonds is 3. The van der Waals surface area contributed by atoms with E-state index in [0.29, 0.717) is 5.39 Å². The van der Waals surface area contributed by atoms with Crippen LogP contribution in [0.3, 0.4) is 0 Å². The minimum absolute atomic E-state index is 0.110. The van der Waals surface area contributed by atoms with Crippen LogP contribution < -0.4 is 5.73 Å². The molecule has 4 N–H and O–H groups in total. The van der Waals surface area contributed by atoms with Crippen molar-refractivity contribution in [2.75, 3.05) is 12.3 Å². The maximum Gasteiger partial charge on any atom is 0.342 e. The molecule has 21 heavy (non-hydrogen) atoms. The van der Waals surface area contributed by atoms with E-state index in [1.165, 1.54) is 18.2 Å². The average Bonchev–Trinajstić information content (AvgIpc) is 2.41. The van der Waals surface area contributed by atoms with Crippen LogP contribution in [0.25, 0.3) is 10.8 Å². The van der Waals surface area contributed by atoms with Gasteiger partial charge in [-0.3, -0.25) is 4.55 Å². The molecule has 0 bridgehead atoms. The highest BCUT2D eigenvalue weighted by atomic mass is 32.2.